The van der Waals surface area contributed by atoms with Crippen molar-refractivity contribution in [3.8, 4) is 11.1 Å². The van der Waals surface area contributed by atoms with Gasteiger partial charge in [0.1, 0.15) is 0 Å². The molecule has 4 N–H and O–H groups in total. The van der Waals surface area contributed by atoms with E-state index in [0.717, 1.165) is 11.4 Å². The van der Waals surface area contributed by atoms with Crippen LogP contribution in [0.15, 0.2) is 36.4 Å². The van der Waals surface area contributed by atoms with E-state index in [1.54, 1.807) is 0 Å². The van der Waals surface area contributed by atoms with E-state index in [4.69, 9.17) is 11.5 Å². The van der Waals surface area contributed by atoms with Gasteiger partial charge in [-0.25, -0.2) is 0 Å². The van der Waals surface area contributed by atoms with Crippen LogP contribution in [0.5, 0.6) is 0 Å². The first-order valence-corrected chi connectivity index (χ1v) is 5.80. The molecule has 1 aliphatic rings. The highest BCUT2D eigenvalue weighted by Crippen LogP contribution is 2.49. The summed E-state index contributed by atoms with van der Waals surface area (Å²) in [6.45, 7) is 4.48. The Labute approximate surface area is 101 Å². The van der Waals surface area contributed by atoms with Crippen LogP contribution in [0.2, 0.25) is 0 Å². The van der Waals surface area contributed by atoms with Crippen molar-refractivity contribution in [3.63, 3.8) is 0 Å². The largest absolute Gasteiger partial charge is 0.399 e. The number of hydrogen-bond donors (Lipinski definition) is 2. The molecule has 0 atom stereocenters. The predicted molar refractivity (Wildman–Crippen MR) is 72.8 cm³/mol. The summed E-state index contributed by atoms with van der Waals surface area (Å²) in [4.78, 5) is 0. The third kappa shape index (κ3) is 1.27. The van der Waals surface area contributed by atoms with Crippen molar-refractivity contribution >= 4 is 11.4 Å². The monoisotopic (exact) mass is 224 g/mol. The Morgan fingerprint density at radius 1 is 0.765 bits per heavy atom. The maximum atomic E-state index is 5.88. The van der Waals surface area contributed by atoms with Gasteiger partial charge in [-0.2, -0.15) is 0 Å². The molecule has 1 aliphatic carbocycles. The lowest BCUT2D eigenvalue weighted by atomic mass is 9.82. The van der Waals surface area contributed by atoms with Crippen LogP contribution < -0.4 is 11.5 Å². The minimum Gasteiger partial charge on any atom is -0.399 e. The molecule has 2 aromatic rings. The maximum Gasteiger partial charge on any atom is 0.0320 e. The molecule has 0 heterocycles. The Balaban J connectivity index is 2.39. The van der Waals surface area contributed by atoms with Crippen molar-refractivity contribution in [1.29, 1.82) is 0 Å². The molecule has 0 radical (unpaired) electrons. The second-order valence-corrected chi connectivity index (χ2v) is 5.24. The van der Waals surface area contributed by atoms with Crippen LogP contribution in [-0.4, -0.2) is 0 Å². The lowest BCUT2D eigenvalue weighted by Crippen LogP contribution is -2.14. The van der Waals surface area contributed by atoms with Crippen LogP contribution in [0.1, 0.15) is 25.0 Å². The van der Waals surface area contributed by atoms with Crippen molar-refractivity contribution in [2.24, 2.45) is 0 Å². The second-order valence-electron chi connectivity index (χ2n) is 5.24. The Hall–Kier alpha value is -1.96. The Morgan fingerprint density at radius 3 is 1.59 bits per heavy atom. The average molecular weight is 224 g/mol. The summed E-state index contributed by atoms with van der Waals surface area (Å²) in [6, 6.07) is 12.3. The first-order chi connectivity index (χ1) is 8.00. The van der Waals surface area contributed by atoms with Gasteiger partial charge in [0.25, 0.3) is 0 Å². The molecule has 2 nitrogen and oxygen atoms in total. The molecule has 0 aliphatic heterocycles. The van der Waals surface area contributed by atoms with Gasteiger partial charge in [0.05, 0.1) is 0 Å². The van der Waals surface area contributed by atoms with Crippen molar-refractivity contribution < 1.29 is 0 Å². The van der Waals surface area contributed by atoms with Crippen molar-refractivity contribution in [3.05, 3.63) is 47.5 Å². The molecule has 0 spiro atoms. The van der Waals surface area contributed by atoms with Crippen molar-refractivity contribution in [1.82, 2.24) is 0 Å². The highest BCUT2D eigenvalue weighted by molar-refractivity contribution is 5.84. The van der Waals surface area contributed by atoms with Crippen LogP contribution in [0.4, 0.5) is 11.4 Å². The summed E-state index contributed by atoms with van der Waals surface area (Å²) in [7, 11) is 0. The molecule has 0 saturated heterocycles. The molecule has 3 rings (SSSR count). The molecule has 0 saturated carbocycles. The number of nitrogen functional groups attached to an aromatic ring is 2. The molecule has 0 fully saturated rings. The summed E-state index contributed by atoms with van der Waals surface area (Å²) in [5, 5.41) is 0. The fourth-order valence-corrected chi connectivity index (χ4v) is 2.80. The van der Waals surface area contributed by atoms with Crippen LogP contribution in [-0.2, 0) is 5.41 Å². The Kier molecular flexibility index (Phi) is 1.82. The number of fused-ring (bicyclic) bond motifs is 3. The summed E-state index contributed by atoms with van der Waals surface area (Å²) < 4.78 is 0. The summed E-state index contributed by atoms with van der Waals surface area (Å²) in [5.41, 5.74) is 18.5. The van der Waals surface area contributed by atoms with Crippen LogP contribution in [0.25, 0.3) is 11.1 Å². The standard InChI is InChI=1S/C15H16N2/c1-15(2)13-5-3-9(16)7-11(13)12-8-10(17)4-6-14(12)15/h3-8H,16-17H2,1-2H3. The van der Waals surface area contributed by atoms with E-state index in [0.29, 0.717) is 0 Å². The molecule has 0 bridgehead atoms. The Morgan fingerprint density at radius 2 is 1.18 bits per heavy atom. The van der Waals surface area contributed by atoms with E-state index in [9.17, 15) is 0 Å². The third-order valence-corrected chi connectivity index (χ3v) is 3.72. The fraction of sp³-hybridized carbons (Fsp3) is 0.200. The molecule has 0 unspecified atom stereocenters. The maximum absolute atomic E-state index is 5.88. The summed E-state index contributed by atoms with van der Waals surface area (Å²) in [5.74, 6) is 0. The topological polar surface area (TPSA) is 52.0 Å². The molecule has 86 valence electrons. The van der Waals surface area contributed by atoms with E-state index in [-0.39, 0.29) is 5.41 Å². The predicted octanol–water partition coefficient (Wildman–Crippen LogP) is 3.16. The number of anilines is 2. The first kappa shape index (κ1) is 10.2. The van der Waals surface area contributed by atoms with Gasteiger partial charge in [0, 0.05) is 16.8 Å². The van der Waals surface area contributed by atoms with E-state index in [1.165, 1.54) is 22.3 Å². The quantitative estimate of drug-likeness (QED) is 0.675. The van der Waals surface area contributed by atoms with Crippen molar-refractivity contribution in [2.75, 3.05) is 11.5 Å². The van der Waals surface area contributed by atoms with Gasteiger partial charge in [0.15, 0.2) is 0 Å². The normalized spacial score (nSPS) is 15.4. The average Bonchev–Trinajstić information content (AvgIpc) is 2.47. The van der Waals surface area contributed by atoms with E-state index >= 15 is 0 Å². The minimum absolute atomic E-state index is 0.0338. The number of nitrogens with two attached hydrogens (primary N) is 2. The van der Waals surface area contributed by atoms with Gasteiger partial charge >= 0.3 is 0 Å². The third-order valence-electron chi connectivity index (χ3n) is 3.72. The van der Waals surface area contributed by atoms with Crippen molar-refractivity contribution in [2.45, 2.75) is 19.3 Å². The smallest absolute Gasteiger partial charge is 0.0320 e. The zero-order chi connectivity index (χ0) is 12.2. The molecule has 0 amide bonds. The zero-order valence-electron chi connectivity index (χ0n) is 10.1. The number of benzene rings is 2. The number of rotatable bonds is 0. The summed E-state index contributed by atoms with van der Waals surface area (Å²) >= 11 is 0. The SMILES string of the molecule is CC1(C)c2ccc(N)cc2-c2cc(N)ccc21. The highest BCUT2D eigenvalue weighted by Gasteiger charge is 2.35. The molecule has 2 heteroatoms. The van der Waals surface area contributed by atoms with Gasteiger partial charge in [-0.1, -0.05) is 26.0 Å². The second kappa shape index (κ2) is 3.04. The highest BCUT2D eigenvalue weighted by atomic mass is 14.6. The minimum atomic E-state index is 0.0338. The first-order valence-electron chi connectivity index (χ1n) is 5.80. The number of hydrogen-bond acceptors (Lipinski definition) is 2. The van der Waals surface area contributed by atoms with Crippen LogP contribution in [0.3, 0.4) is 0 Å². The van der Waals surface area contributed by atoms with Gasteiger partial charge in [-0.05, 0) is 46.5 Å². The summed E-state index contributed by atoms with van der Waals surface area (Å²) in [6.07, 6.45) is 0. The molecule has 0 aromatic heterocycles. The molecule has 17 heavy (non-hydrogen) atoms. The molecular weight excluding hydrogens is 208 g/mol. The van der Waals surface area contributed by atoms with Gasteiger partial charge in [-0.3, -0.25) is 0 Å². The van der Waals surface area contributed by atoms with Gasteiger partial charge in [0.2, 0.25) is 0 Å². The van der Waals surface area contributed by atoms with Crippen LogP contribution in [0, 0.1) is 0 Å². The molecular formula is C15H16N2. The van der Waals surface area contributed by atoms with E-state index in [2.05, 4.69) is 26.0 Å². The Bertz CT molecular complexity index is 559. The van der Waals surface area contributed by atoms with Crippen LogP contribution >= 0.6 is 0 Å². The van der Waals surface area contributed by atoms with Gasteiger partial charge in [-0.15, -0.1) is 0 Å². The van der Waals surface area contributed by atoms with E-state index in [1.807, 2.05) is 24.3 Å². The lowest BCUT2D eigenvalue weighted by Gasteiger charge is -2.21. The lowest BCUT2D eigenvalue weighted by molar-refractivity contribution is 0.660. The molecule has 2 aromatic carbocycles. The zero-order valence-corrected chi connectivity index (χ0v) is 10.1. The fourth-order valence-electron chi connectivity index (χ4n) is 2.80. The van der Waals surface area contributed by atoms with E-state index < -0.39 is 0 Å². The van der Waals surface area contributed by atoms with Gasteiger partial charge < -0.3 is 11.5 Å².